The first-order valence-corrected chi connectivity index (χ1v) is 10.7. The topological polar surface area (TPSA) is 44.7 Å². The average Bonchev–Trinajstić information content (AvgIpc) is 2.72. The highest BCUT2D eigenvalue weighted by molar-refractivity contribution is 6.07. The Kier molecular flexibility index (Phi) is 5.40. The molecule has 0 radical (unpaired) electrons. The number of hydrazone groups is 1. The summed E-state index contributed by atoms with van der Waals surface area (Å²) in [6.45, 7) is 11.1. The summed E-state index contributed by atoms with van der Waals surface area (Å²) >= 11 is 0. The number of carbonyl (C=O) groups is 1. The molecular formula is C27H29N3O. The number of carbonyl (C=O) groups excluding carboxylic acids is 1. The molecule has 0 atom stereocenters. The van der Waals surface area contributed by atoms with Crippen molar-refractivity contribution in [1.82, 2.24) is 5.43 Å². The van der Waals surface area contributed by atoms with Crippen LogP contribution in [0.3, 0.4) is 0 Å². The molecule has 0 unspecified atom stereocenters. The number of nitrogens with zero attached hydrogens (tertiary/aromatic N) is 2. The maximum Gasteiger partial charge on any atom is 0.271 e. The van der Waals surface area contributed by atoms with Crippen LogP contribution in [0.2, 0.25) is 0 Å². The van der Waals surface area contributed by atoms with Crippen molar-refractivity contribution in [2.45, 2.75) is 46.2 Å². The summed E-state index contributed by atoms with van der Waals surface area (Å²) < 4.78 is 0. The van der Waals surface area contributed by atoms with E-state index < -0.39 is 0 Å². The quantitative estimate of drug-likeness (QED) is 0.422. The lowest BCUT2D eigenvalue weighted by Crippen LogP contribution is -2.49. The number of amides is 1. The van der Waals surface area contributed by atoms with Gasteiger partial charge in [-0.05, 0) is 74.7 Å². The lowest BCUT2D eigenvalue weighted by Gasteiger charge is -2.46. The maximum atomic E-state index is 12.7. The van der Waals surface area contributed by atoms with Crippen molar-refractivity contribution in [2.75, 3.05) is 4.90 Å². The van der Waals surface area contributed by atoms with Crippen LogP contribution in [-0.2, 0) is 0 Å². The van der Waals surface area contributed by atoms with Crippen LogP contribution in [0.25, 0.3) is 16.3 Å². The van der Waals surface area contributed by atoms with Crippen LogP contribution in [0.15, 0.2) is 71.8 Å². The molecule has 3 aromatic rings. The van der Waals surface area contributed by atoms with Crippen molar-refractivity contribution in [3.05, 3.63) is 83.4 Å². The highest BCUT2D eigenvalue weighted by atomic mass is 16.2. The predicted molar refractivity (Wildman–Crippen MR) is 131 cm³/mol. The number of hydrogen-bond donors (Lipinski definition) is 1. The van der Waals surface area contributed by atoms with Gasteiger partial charge in [0, 0.05) is 22.9 Å². The molecule has 1 amide bonds. The first kappa shape index (κ1) is 20.9. The van der Waals surface area contributed by atoms with Gasteiger partial charge < -0.3 is 4.90 Å². The minimum atomic E-state index is -0.213. The van der Waals surface area contributed by atoms with Crippen LogP contribution in [-0.4, -0.2) is 23.7 Å². The third kappa shape index (κ3) is 3.98. The molecule has 1 aliphatic heterocycles. The number of benzene rings is 3. The fourth-order valence-electron chi connectivity index (χ4n) is 4.74. The molecule has 0 saturated carbocycles. The van der Waals surface area contributed by atoms with Crippen LogP contribution in [0, 0.1) is 0 Å². The summed E-state index contributed by atoms with van der Waals surface area (Å²) in [4.78, 5) is 15.1. The number of allylic oxidation sites excluding steroid dienone is 1. The van der Waals surface area contributed by atoms with Gasteiger partial charge in [0.05, 0.1) is 11.8 Å². The van der Waals surface area contributed by atoms with Crippen LogP contribution in [0.4, 0.5) is 5.69 Å². The normalized spacial score (nSPS) is 15.3. The van der Waals surface area contributed by atoms with Gasteiger partial charge in [0.25, 0.3) is 5.91 Å². The number of hydrogen-bond acceptors (Lipinski definition) is 3. The van der Waals surface area contributed by atoms with Gasteiger partial charge in [-0.25, -0.2) is 5.43 Å². The van der Waals surface area contributed by atoms with E-state index in [1.54, 1.807) is 6.21 Å². The van der Waals surface area contributed by atoms with Crippen LogP contribution in [0.5, 0.6) is 0 Å². The molecule has 4 heteroatoms. The Hall–Kier alpha value is -3.40. The molecule has 1 aliphatic rings. The van der Waals surface area contributed by atoms with E-state index in [0.29, 0.717) is 11.6 Å². The molecule has 0 aromatic heterocycles. The fourth-order valence-corrected chi connectivity index (χ4v) is 4.74. The molecule has 0 saturated heterocycles. The molecule has 0 aliphatic carbocycles. The summed E-state index contributed by atoms with van der Waals surface area (Å²) in [5.74, 6) is -0.213. The third-order valence-corrected chi connectivity index (χ3v) is 5.83. The molecular weight excluding hydrogens is 382 g/mol. The second-order valence-electron chi connectivity index (χ2n) is 8.95. The Balaban J connectivity index is 1.57. The Morgan fingerprint density at radius 2 is 1.81 bits per heavy atom. The monoisotopic (exact) mass is 411 g/mol. The minimum absolute atomic E-state index is 0.0344. The van der Waals surface area contributed by atoms with Gasteiger partial charge in [-0.2, -0.15) is 5.10 Å². The Morgan fingerprint density at radius 1 is 1.06 bits per heavy atom. The largest absolute Gasteiger partial charge is 0.360 e. The number of rotatable bonds is 4. The predicted octanol–water partition coefficient (Wildman–Crippen LogP) is 6.01. The molecule has 0 spiro atoms. The third-order valence-electron chi connectivity index (χ3n) is 5.83. The molecule has 3 aromatic carbocycles. The summed E-state index contributed by atoms with van der Waals surface area (Å²) in [5.41, 5.74) is 7.91. The average molecular weight is 412 g/mol. The molecule has 158 valence electrons. The number of nitrogens with one attached hydrogen (secondary N) is 1. The van der Waals surface area contributed by atoms with Crippen molar-refractivity contribution < 1.29 is 4.79 Å². The number of fused-ring (bicyclic) bond motifs is 2. The molecule has 1 heterocycles. The molecule has 1 N–H and O–H groups in total. The zero-order valence-electron chi connectivity index (χ0n) is 18.8. The Labute approximate surface area is 184 Å². The smallest absolute Gasteiger partial charge is 0.271 e. The second-order valence-corrected chi connectivity index (χ2v) is 8.95. The van der Waals surface area contributed by atoms with Crippen molar-refractivity contribution in [3.63, 3.8) is 0 Å². The lowest BCUT2D eigenvalue weighted by molar-refractivity contribution is 0.0957. The first-order valence-electron chi connectivity index (χ1n) is 10.7. The van der Waals surface area contributed by atoms with E-state index >= 15 is 0 Å². The van der Waals surface area contributed by atoms with E-state index in [0.717, 1.165) is 16.3 Å². The number of anilines is 1. The Morgan fingerprint density at radius 3 is 2.58 bits per heavy atom. The molecule has 0 fully saturated rings. The van der Waals surface area contributed by atoms with Gasteiger partial charge in [-0.1, -0.05) is 48.5 Å². The van der Waals surface area contributed by atoms with E-state index in [1.807, 2.05) is 42.5 Å². The lowest BCUT2D eigenvalue weighted by atomic mass is 9.87. The zero-order chi connectivity index (χ0) is 22.2. The fraction of sp³-hybridized carbons (Fsp3) is 0.259. The zero-order valence-corrected chi connectivity index (χ0v) is 18.8. The molecule has 0 bridgehead atoms. The summed E-state index contributed by atoms with van der Waals surface area (Å²) in [5, 5.41) is 6.18. The van der Waals surface area contributed by atoms with Gasteiger partial charge in [-0.3, -0.25) is 4.79 Å². The van der Waals surface area contributed by atoms with E-state index in [4.69, 9.17) is 0 Å². The molecule has 4 rings (SSSR count). The second kappa shape index (κ2) is 8.03. The highest BCUT2D eigenvalue weighted by Crippen LogP contribution is 2.40. The van der Waals surface area contributed by atoms with Gasteiger partial charge in [0.2, 0.25) is 0 Å². The van der Waals surface area contributed by atoms with Gasteiger partial charge in [-0.15, -0.1) is 0 Å². The van der Waals surface area contributed by atoms with Crippen molar-refractivity contribution in [1.29, 1.82) is 0 Å². The Bertz CT molecular complexity index is 1200. The van der Waals surface area contributed by atoms with Gasteiger partial charge in [0.15, 0.2) is 0 Å². The van der Waals surface area contributed by atoms with Crippen molar-refractivity contribution in [3.8, 4) is 0 Å². The first-order chi connectivity index (χ1) is 14.8. The summed E-state index contributed by atoms with van der Waals surface area (Å²) in [7, 11) is 0. The molecule has 4 nitrogen and oxygen atoms in total. The summed E-state index contributed by atoms with van der Waals surface area (Å²) in [6.07, 6.45) is 4.02. The van der Waals surface area contributed by atoms with E-state index in [9.17, 15) is 4.79 Å². The van der Waals surface area contributed by atoms with Crippen LogP contribution >= 0.6 is 0 Å². The highest BCUT2D eigenvalue weighted by Gasteiger charge is 2.32. The van der Waals surface area contributed by atoms with Gasteiger partial charge in [0.1, 0.15) is 0 Å². The molecule has 31 heavy (non-hydrogen) atoms. The maximum absolute atomic E-state index is 12.7. The summed E-state index contributed by atoms with van der Waals surface area (Å²) in [6, 6.07) is 20.3. The van der Waals surface area contributed by atoms with E-state index in [2.05, 4.69) is 74.3 Å². The van der Waals surface area contributed by atoms with Gasteiger partial charge >= 0.3 is 0 Å². The minimum Gasteiger partial charge on any atom is -0.360 e. The van der Waals surface area contributed by atoms with Crippen LogP contribution in [0.1, 0.15) is 56.1 Å². The van der Waals surface area contributed by atoms with E-state index in [1.165, 1.54) is 16.8 Å². The van der Waals surface area contributed by atoms with Crippen molar-refractivity contribution in [2.24, 2.45) is 5.10 Å². The SMILES string of the molecule is CC1=CC(C)(C)N(C(C)C)c2ccc(/C=N\NC(=O)c3cccc4ccccc34)cc21. The van der Waals surface area contributed by atoms with Crippen molar-refractivity contribution >= 4 is 34.2 Å². The van der Waals surface area contributed by atoms with Crippen LogP contribution < -0.4 is 10.3 Å². The van der Waals surface area contributed by atoms with E-state index in [-0.39, 0.29) is 11.4 Å². The standard InChI is InChI=1S/C27H29N3O/c1-18(2)30-25-14-13-20(15-24(25)19(3)16-27(30,4)5)17-28-29-26(31)23-12-8-10-21-9-6-7-11-22(21)23/h6-18H,1-5H3,(H,29,31)/b28-17-.